The zero-order chi connectivity index (χ0) is 17.5. The summed E-state index contributed by atoms with van der Waals surface area (Å²) in [7, 11) is 3.50. The number of nitrogens with one attached hydrogen (secondary N) is 2. The van der Waals surface area contributed by atoms with Gasteiger partial charge in [0, 0.05) is 36.8 Å². The molecule has 0 aromatic carbocycles. The number of nitrogens with zero attached hydrogens (tertiary/aromatic N) is 3. The van der Waals surface area contributed by atoms with E-state index in [-0.39, 0.29) is 0 Å². The summed E-state index contributed by atoms with van der Waals surface area (Å²) in [6.45, 7) is 9.19. The Morgan fingerprint density at radius 3 is 2.67 bits per heavy atom. The number of methoxy groups -OCH3 is 1. The topological polar surface area (TPSA) is 63.5 Å². The van der Waals surface area contributed by atoms with Crippen molar-refractivity contribution in [1.29, 1.82) is 0 Å². The Morgan fingerprint density at radius 2 is 2.04 bits per heavy atom. The van der Waals surface area contributed by atoms with Gasteiger partial charge in [0.1, 0.15) is 0 Å². The number of rotatable bonds is 7. The molecule has 2 rings (SSSR count). The number of guanidine groups is 1. The van der Waals surface area contributed by atoms with Crippen LogP contribution in [0, 0.1) is 20.8 Å². The Hall–Kier alpha value is -1.86. The van der Waals surface area contributed by atoms with Gasteiger partial charge in [-0.15, -0.1) is 11.3 Å². The minimum absolute atomic E-state index is 0.665. The van der Waals surface area contributed by atoms with E-state index < -0.39 is 0 Å². The van der Waals surface area contributed by atoms with E-state index in [1.54, 1.807) is 25.5 Å². The second-order valence-corrected chi connectivity index (χ2v) is 6.67. The molecule has 0 saturated heterocycles. The molecular formula is C17H27N5OS. The number of aromatic nitrogens is 2. The van der Waals surface area contributed by atoms with E-state index >= 15 is 0 Å². The van der Waals surface area contributed by atoms with Crippen molar-refractivity contribution >= 4 is 17.3 Å². The Labute approximate surface area is 147 Å². The minimum atomic E-state index is 0.665. The maximum Gasteiger partial charge on any atom is 0.191 e. The fourth-order valence-electron chi connectivity index (χ4n) is 2.53. The van der Waals surface area contributed by atoms with E-state index in [9.17, 15) is 0 Å². The molecule has 0 bridgehead atoms. The highest BCUT2D eigenvalue weighted by Gasteiger charge is 2.12. The smallest absolute Gasteiger partial charge is 0.191 e. The van der Waals surface area contributed by atoms with Crippen LogP contribution in [-0.2, 0) is 24.4 Å². The van der Waals surface area contributed by atoms with Crippen LogP contribution in [0.3, 0.4) is 0 Å². The predicted octanol–water partition coefficient (Wildman–Crippen LogP) is 2.38. The van der Waals surface area contributed by atoms with E-state index in [0.29, 0.717) is 13.2 Å². The fraction of sp³-hybridized carbons (Fsp3) is 0.529. The zero-order valence-electron chi connectivity index (χ0n) is 15.1. The molecule has 0 aliphatic heterocycles. The standard InChI is InChI=1S/C17H27N5OS/c1-12-6-9-24-16(12)11-20-17(18-4)19-10-15-13(2)21-22(14(15)3)7-8-23-5/h6,9H,7-8,10-11H2,1-5H3,(H2,18,19,20). The van der Waals surface area contributed by atoms with Crippen molar-refractivity contribution < 1.29 is 4.74 Å². The van der Waals surface area contributed by atoms with Gasteiger partial charge in [-0.05, 0) is 37.8 Å². The molecule has 2 aromatic heterocycles. The molecular weight excluding hydrogens is 322 g/mol. The molecule has 0 amide bonds. The Morgan fingerprint density at radius 1 is 1.29 bits per heavy atom. The summed E-state index contributed by atoms with van der Waals surface area (Å²) in [5.41, 5.74) is 4.73. The van der Waals surface area contributed by atoms with Crippen molar-refractivity contribution in [1.82, 2.24) is 20.4 Å². The summed E-state index contributed by atoms with van der Waals surface area (Å²) < 4.78 is 7.14. The van der Waals surface area contributed by atoms with E-state index in [1.165, 1.54) is 21.7 Å². The second kappa shape index (κ2) is 8.84. The van der Waals surface area contributed by atoms with Crippen LogP contribution in [0.4, 0.5) is 0 Å². The van der Waals surface area contributed by atoms with E-state index in [4.69, 9.17) is 4.74 Å². The number of aryl methyl sites for hydroxylation is 2. The monoisotopic (exact) mass is 349 g/mol. The molecule has 2 aromatic rings. The van der Waals surface area contributed by atoms with Crippen molar-refractivity contribution in [3.63, 3.8) is 0 Å². The molecule has 0 atom stereocenters. The number of hydrogen-bond donors (Lipinski definition) is 2. The average Bonchev–Trinajstić information content (AvgIpc) is 3.10. The lowest BCUT2D eigenvalue weighted by Crippen LogP contribution is -2.36. The van der Waals surface area contributed by atoms with Crippen molar-refractivity contribution in [3.05, 3.63) is 38.8 Å². The van der Waals surface area contributed by atoms with Crippen LogP contribution in [0.15, 0.2) is 16.4 Å². The first-order chi connectivity index (χ1) is 11.6. The van der Waals surface area contributed by atoms with Crippen LogP contribution in [0.25, 0.3) is 0 Å². The van der Waals surface area contributed by atoms with Gasteiger partial charge in [0.15, 0.2) is 5.96 Å². The zero-order valence-corrected chi connectivity index (χ0v) is 16.0. The molecule has 2 N–H and O–H groups in total. The average molecular weight is 350 g/mol. The van der Waals surface area contributed by atoms with Gasteiger partial charge in [-0.25, -0.2) is 0 Å². The molecule has 0 aliphatic rings. The molecule has 0 radical (unpaired) electrons. The SMILES string of the molecule is CN=C(NCc1sccc1C)NCc1c(C)nn(CCOC)c1C. The number of aliphatic imine (C=N–C) groups is 1. The summed E-state index contributed by atoms with van der Waals surface area (Å²) in [5.74, 6) is 0.797. The molecule has 6 nitrogen and oxygen atoms in total. The summed E-state index contributed by atoms with van der Waals surface area (Å²) in [6.07, 6.45) is 0. The molecule has 0 fully saturated rings. The van der Waals surface area contributed by atoms with Crippen molar-refractivity contribution in [2.24, 2.45) is 4.99 Å². The van der Waals surface area contributed by atoms with Gasteiger partial charge in [-0.3, -0.25) is 9.67 Å². The van der Waals surface area contributed by atoms with E-state index in [1.807, 2.05) is 11.6 Å². The summed E-state index contributed by atoms with van der Waals surface area (Å²) in [4.78, 5) is 5.63. The third-order valence-electron chi connectivity index (χ3n) is 4.08. The molecule has 0 aliphatic carbocycles. The molecule has 132 valence electrons. The molecule has 0 unspecified atom stereocenters. The first-order valence-corrected chi connectivity index (χ1v) is 8.94. The maximum absolute atomic E-state index is 5.14. The molecule has 0 saturated carbocycles. The van der Waals surface area contributed by atoms with E-state index in [2.05, 4.69) is 46.0 Å². The fourth-order valence-corrected chi connectivity index (χ4v) is 3.37. The molecule has 0 spiro atoms. The highest BCUT2D eigenvalue weighted by Crippen LogP contribution is 2.15. The highest BCUT2D eigenvalue weighted by molar-refractivity contribution is 7.10. The van der Waals surface area contributed by atoms with Crippen molar-refractivity contribution in [2.45, 2.75) is 40.4 Å². The van der Waals surface area contributed by atoms with Crippen LogP contribution in [-0.4, -0.2) is 36.5 Å². The lowest BCUT2D eigenvalue weighted by molar-refractivity contribution is 0.182. The maximum atomic E-state index is 5.14. The first kappa shape index (κ1) is 18.5. The van der Waals surface area contributed by atoms with Gasteiger partial charge >= 0.3 is 0 Å². The van der Waals surface area contributed by atoms with Crippen molar-refractivity contribution in [3.8, 4) is 0 Å². The largest absolute Gasteiger partial charge is 0.383 e. The predicted molar refractivity (Wildman–Crippen MR) is 99.7 cm³/mol. The number of hydrogen-bond acceptors (Lipinski definition) is 4. The van der Waals surface area contributed by atoms with Gasteiger partial charge < -0.3 is 15.4 Å². The molecule has 2 heterocycles. The Kier molecular flexibility index (Phi) is 6.81. The van der Waals surface area contributed by atoms with E-state index in [0.717, 1.165) is 24.7 Å². The minimum Gasteiger partial charge on any atom is -0.383 e. The van der Waals surface area contributed by atoms with Crippen LogP contribution in [0.5, 0.6) is 0 Å². The Bertz CT molecular complexity index is 689. The lowest BCUT2D eigenvalue weighted by atomic mass is 10.2. The number of ether oxygens (including phenoxy) is 1. The number of thiophene rings is 1. The van der Waals surface area contributed by atoms with Gasteiger partial charge in [-0.2, -0.15) is 5.10 Å². The van der Waals surface area contributed by atoms with Crippen LogP contribution < -0.4 is 10.6 Å². The van der Waals surface area contributed by atoms with Crippen LogP contribution in [0.2, 0.25) is 0 Å². The van der Waals surface area contributed by atoms with Gasteiger partial charge in [0.05, 0.1) is 25.4 Å². The summed E-state index contributed by atoms with van der Waals surface area (Å²) >= 11 is 1.76. The molecule has 7 heteroatoms. The lowest BCUT2D eigenvalue weighted by Gasteiger charge is -2.12. The van der Waals surface area contributed by atoms with Crippen LogP contribution >= 0.6 is 11.3 Å². The van der Waals surface area contributed by atoms with Gasteiger partial charge in [0.25, 0.3) is 0 Å². The van der Waals surface area contributed by atoms with Crippen molar-refractivity contribution in [2.75, 3.05) is 20.8 Å². The highest BCUT2D eigenvalue weighted by atomic mass is 32.1. The Balaban J connectivity index is 1.93. The normalized spacial score (nSPS) is 11.8. The summed E-state index contributed by atoms with van der Waals surface area (Å²) in [5, 5.41) is 13.4. The third-order valence-corrected chi connectivity index (χ3v) is 5.10. The van der Waals surface area contributed by atoms with Gasteiger partial charge in [-0.1, -0.05) is 0 Å². The first-order valence-electron chi connectivity index (χ1n) is 8.06. The van der Waals surface area contributed by atoms with Gasteiger partial charge in [0.2, 0.25) is 0 Å². The second-order valence-electron chi connectivity index (χ2n) is 5.67. The quantitative estimate of drug-likeness (QED) is 0.595. The molecule has 24 heavy (non-hydrogen) atoms. The third kappa shape index (κ3) is 4.58. The summed E-state index contributed by atoms with van der Waals surface area (Å²) in [6, 6.07) is 2.14. The van der Waals surface area contributed by atoms with Crippen LogP contribution in [0.1, 0.15) is 27.4 Å².